The van der Waals surface area contributed by atoms with Gasteiger partial charge in [-0.1, -0.05) is 13.8 Å². The number of halogens is 3. The van der Waals surface area contributed by atoms with Crippen LogP contribution in [0.15, 0.2) is 18.2 Å². The van der Waals surface area contributed by atoms with E-state index in [0.717, 1.165) is 19.2 Å². The van der Waals surface area contributed by atoms with E-state index in [4.69, 9.17) is 18.9 Å². The van der Waals surface area contributed by atoms with Crippen LogP contribution in [0.5, 0.6) is 11.5 Å². The van der Waals surface area contributed by atoms with Gasteiger partial charge in [-0.15, -0.1) is 13.2 Å². The Hall–Kier alpha value is -2.04. The number of hydrogen-bond donors (Lipinski definition) is 0. The third kappa shape index (κ3) is 8.92. The molecule has 0 radical (unpaired) electrons. The number of hydrogen-bond acceptors (Lipinski definition) is 7. The largest absolute Gasteiger partial charge is 0.573 e. The van der Waals surface area contributed by atoms with Crippen molar-refractivity contribution in [2.24, 2.45) is 5.92 Å². The van der Waals surface area contributed by atoms with Crippen molar-refractivity contribution in [3.63, 3.8) is 0 Å². The van der Waals surface area contributed by atoms with E-state index in [0.29, 0.717) is 19.8 Å². The first-order valence-corrected chi connectivity index (χ1v) is 10.2. The topological polar surface area (TPSA) is 66.5 Å². The summed E-state index contributed by atoms with van der Waals surface area (Å²) in [6.07, 6.45) is -5.96. The fourth-order valence-corrected chi connectivity index (χ4v) is 2.83. The highest BCUT2D eigenvalue weighted by atomic mass is 19.4. The Bertz CT molecular complexity index is 705. The molecule has 1 heterocycles. The maximum atomic E-state index is 12.8. The van der Waals surface area contributed by atoms with Crippen LogP contribution in [0.2, 0.25) is 0 Å². The van der Waals surface area contributed by atoms with Crippen LogP contribution in [0, 0.1) is 5.92 Å². The van der Waals surface area contributed by atoms with Crippen molar-refractivity contribution in [1.82, 2.24) is 4.90 Å². The van der Waals surface area contributed by atoms with Crippen molar-refractivity contribution >= 4 is 5.97 Å². The lowest BCUT2D eigenvalue weighted by molar-refractivity contribution is -0.275. The maximum absolute atomic E-state index is 12.8. The van der Waals surface area contributed by atoms with Gasteiger partial charge in [0.2, 0.25) is 6.29 Å². The molecule has 1 aromatic rings. The predicted molar refractivity (Wildman–Crippen MR) is 106 cm³/mol. The van der Waals surface area contributed by atoms with Crippen molar-refractivity contribution in [2.45, 2.75) is 46.5 Å². The lowest BCUT2D eigenvalue weighted by atomic mass is 10.2. The molecule has 0 aliphatic carbocycles. The highest BCUT2D eigenvalue weighted by molar-refractivity contribution is 5.90. The third-order valence-corrected chi connectivity index (χ3v) is 4.34. The second-order valence-corrected chi connectivity index (χ2v) is 7.71. The molecule has 1 fully saturated rings. The van der Waals surface area contributed by atoms with Gasteiger partial charge in [-0.05, 0) is 32.0 Å². The van der Waals surface area contributed by atoms with Crippen molar-refractivity contribution < 1.29 is 41.7 Å². The molecule has 1 aliphatic heterocycles. The van der Waals surface area contributed by atoms with E-state index < -0.39 is 24.4 Å². The minimum absolute atomic E-state index is 0.0542. The minimum Gasteiger partial charge on any atom is -0.461 e. The highest BCUT2D eigenvalue weighted by Gasteiger charge is 2.33. The molecule has 0 amide bonds. The van der Waals surface area contributed by atoms with Crippen molar-refractivity contribution in [3.05, 3.63) is 23.8 Å². The van der Waals surface area contributed by atoms with Crippen LogP contribution in [0.1, 0.15) is 38.1 Å². The van der Waals surface area contributed by atoms with E-state index >= 15 is 0 Å². The van der Waals surface area contributed by atoms with Crippen molar-refractivity contribution in [2.75, 3.05) is 39.5 Å². The number of ether oxygens (including phenoxy) is 5. The number of morpholine rings is 1. The van der Waals surface area contributed by atoms with E-state index in [2.05, 4.69) is 9.64 Å². The van der Waals surface area contributed by atoms with E-state index in [9.17, 15) is 18.0 Å². The third-order valence-electron chi connectivity index (χ3n) is 4.34. The molecular formula is C21H30F3NO6. The lowest BCUT2D eigenvalue weighted by Gasteiger charge is -2.26. The Morgan fingerprint density at radius 3 is 2.39 bits per heavy atom. The number of rotatable bonds is 10. The Labute approximate surface area is 180 Å². The van der Waals surface area contributed by atoms with Gasteiger partial charge in [-0.3, -0.25) is 4.90 Å². The van der Waals surface area contributed by atoms with Gasteiger partial charge in [0.25, 0.3) is 0 Å². The molecule has 1 atom stereocenters. The summed E-state index contributed by atoms with van der Waals surface area (Å²) >= 11 is 0. The van der Waals surface area contributed by atoms with Gasteiger partial charge in [0, 0.05) is 25.6 Å². The number of carbonyl (C=O) groups is 1. The molecule has 0 spiro atoms. The highest BCUT2D eigenvalue weighted by Crippen LogP contribution is 2.35. The normalized spacial score (nSPS) is 16.4. The molecule has 176 valence electrons. The van der Waals surface area contributed by atoms with Gasteiger partial charge in [0.1, 0.15) is 6.61 Å². The summed E-state index contributed by atoms with van der Waals surface area (Å²) in [4.78, 5) is 14.5. The quantitative estimate of drug-likeness (QED) is 0.397. The van der Waals surface area contributed by atoms with Crippen LogP contribution in [0.25, 0.3) is 0 Å². The number of nitrogens with zero attached hydrogens (tertiary/aromatic N) is 1. The van der Waals surface area contributed by atoms with Gasteiger partial charge >= 0.3 is 12.3 Å². The molecule has 31 heavy (non-hydrogen) atoms. The Morgan fingerprint density at radius 2 is 1.81 bits per heavy atom. The predicted octanol–water partition coefficient (Wildman–Crippen LogP) is 3.86. The summed E-state index contributed by atoms with van der Waals surface area (Å²) in [6, 6.07) is 3.42. The first kappa shape index (κ1) is 25.2. The standard InChI is InChI=1S/C21H30F3NO6/c1-14(2)20(29-15(3)4)30-18-13-16(5-6-17(18)31-21(22,23)24)19(26)28-12-9-25-7-10-27-11-8-25/h5-6,13-15,20H,7-12H2,1-4H3. The molecule has 1 aromatic carbocycles. The molecule has 2 rings (SSSR count). The Morgan fingerprint density at radius 1 is 1.13 bits per heavy atom. The Kier molecular flexibility index (Phi) is 9.39. The summed E-state index contributed by atoms with van der Waals surface area (Å²) in [5.74, 6) is -1.64. The van der Waals surface area contributed by atoms with Crippen LogP contribution in [0.3, 0.4) is 0 Å². The summed E-state index contributed by atoms with van der Waals surface area (Å²) in [5, 5.41) is 0. The van der Waals surface area contributed by atoms with E-state index in [1.165, 1.54) is 12.1 Å². The van der Waals surface area contributed by atoms with Crippen LogP contribution >= 0.6 is 0 Å². The zero-order chi connectivity index (χ0) is 23.0. The maximum Gasteiger partial charge on any atom is 0.573 e. The minimum atomic E-state index is -4.91. The number of esters is 1. The van der Waals surface area contributed by atoms with Crippen LogP contribution in [-0.2, 0) is 14.2 Å². The molecule has 7 nitrogen and oxygen atoms in total. The van der Waals surface area contributed by atoms with E-state index in [1.54, 1.807) is 27.7 Å². The van der Waals surface area contributed by atoms with Gasteiger partial charge in [0.15, 0.2) is 11.5 Å². The van der Waals surface area contributed by atoms with Gasteiger partial charge in [0.05, 0.1) is 24.9 Å². The monoisotopic (exact) mass is 449 g/mol. The van der Waals surface area contributed by atoms with Crippen molar-refractivity contribution in [1.29, 1.82) is 0 Å². The van der Waals surface area contributed by atoms with Gasteiger partial charge < -0.3 is 23.7 Å². The smallest absolute Gasteiger partial charge is 0.461 e. The summed E-state index contributed by atoms with van der Waals surface area (Å²) in [5.41, 5.74) is 0.0542. The molecule has 0 bridgehead atoms. The van der Waals surface area contributed by atoms with Crippen LogP contribution < -0.4 is 9.47 Å². The van der Waals surface area contributed by atoms with Crippen LogP contribution in [0.4, 0.5) is 13.2 Å². The first-order chi connectivity index (χ1) is 14.5. The molecule has 10 heteroatoms. The zero-order valence-electron chi connectivity index (χ0n) is 18.2. The van der Waals surface area contributed by atoms with Crippen molar-refractivity contribution in [3.8, 4) is 11.5 Å². The molecule has 1 aliphatic rings. The van der Waals surface area contributed by atoms with E-state index in [1.807, 2.05) is 0 Å². The second-order valence-electron chi connectivity index (χ2n) is 7.71. The fourth-order valence-electron chi connectivity index (χ4n) is 2.83. The summed E-state index contributed by atoms with van der Waals surface area (Å²) in [7, 11) is 0. The second kappa shape index (κ2) is 11.5. The average Bonchev–Trinajstić information content (AvgIpc) is 2.68. The number of benzene rings is 1. The molecule has 0 N–H and O–H groups in total. The SMILES string of the molecule is CC(C)OC(Oc1cc(C(=O)OCCN2CCOCC2)ccc1OC(F)(F)F)C(C)C. The molecule has 0 saturated carbocycles. The molecule has 1 unspecified atom stereocenters. The molecule has 1 saturated heterocycles. The van der Waals surface area contributed by atoms with Gasteiger partial charge in [-0.25, -0.2) is 4.79 Å². The average molecular weight is 449 g/mol. The summed E-state index contributed by atoms with van der Waals surface area (Å²) in [6.45, 7) is 10.7. The fraction of sp³-hybridized carbons (Fsp3) is 0.667. The number of carbonyl (C=O) groups excluding carboxylic acids is 1. The first-order valence-electron chi connectivity index (χ1n) is 10.2. The zero-order valence-corrected chi connectivity index (χ0v) is 18.2. The van der Waals surface area contributed by atoms with Gasteiger partial charge in [-0.2, -0.15) is 0 Å². The Balaban J connectivity index is 2.12. The number of alkyl halides is 3. The van der Waals surface area contributed by atoms with E-state index in [-0.39, 0.29) is 29.9 Å². The van der Waals surface area contributed by atoms with Crippen LogP contribution in [-0.4, -0.2) is 69.1 Å². The molecule has 0 aromatic heterocycles. The summed E-state index contributed by atoms with van der Waals surface area (Å²) < 4.78 is 64.4. The lowest BCUT2D eigenvalue weighted by Crippen LogP contribution is -2.38. The molecular weight excluding hydrogens is 419 g/mol.